The summed E-state index contributed by atoms with van der Waals surface area (Å²) in [5, 5.41) is 0. The number of rotatable bonds is 14. The Morgan fingerprint density at radius 3 is 0.821 bits per heavy atom. The number of hydrogen-bond donors (Lipinski definition) is 0. The zero-order valence-corrected chi connectivity index (χ0v) is 45.2. The Kier molecular flexibility index (Phi) is 17.7. The van der Waals surface area contributed by atoms with Crippen molar-refractivity contribution in [1.82, 2.24) is 0 Å². The molecule has 0 aliphatic heterocycles. The molecule has 0 aromatic heterocycles. The van der Waals surface area contributed by atoms with Crippen molar-refractivity contribution in [3.05, 3.63) is 0 Å². The smallest absolute Gasteiger partial charge is 0.311 e. The molecule has 5 nitrogen and oxygen atoms in total. The zero-order valence-electron chi connectivity index (χ0n) is 45.2. The van der Waals surface area contributed by atoms with Crippen LogP contribution < -0.4 is 0 Å². The molecule has 8 saturated carbocycles. The summed E-state index contributed by atoms with van der Waals surface area (Å²) in [5.41, 5.74) is 1.10. The third kappa shape index (κ3) is 12.2. The molecule has 0 N–H and O–H groups in total. The lowest BCUT2D eigenvalue weighted by atomic mass is 9.59. The van der Waals surface area contributed by atoms with Crippen molar-refractivity contribution < 1.29 is 23.8 Å². The molecule has 0 saturated heterocycles. The second kappa shape index (κ2) is 22.8. The van der Waals surface area contributed by atoms with E-state index in [9.17, 15) is 9.59 Å². The van der Waals surface area contributed by atoms with Crippen LogP contribution in [-0.4, -0.2) is 36.4 Å². The molecule has 8 aliphatic carbocycles. The second-order valence-corrected chi connectivity index (χ2v) is 27.9. The molecule has 67 heavy (non-hydrogen) atoms. The second-order valence-electron chi connectivity index (χ2n) is 27.9. The van der Waals surface area contributed by atoms with Crippen LogP contribution in [-0.2, 0) is 23.8 Å². The van der Waals surface area contributed by atoms with E-state index in [1.54, 1.807) is 0 Å². The van der Waals surface area contributed by atoms with E-state index in [-0.39, 0.29) is 59.0 Å². The van der Waals surface area contributed by atoms with Gasteiger partial charge in [-0.2, -0.15) is 0 Å². The molecular weight excluding hydrogens is 825 g/mol. The summed E-state index contributed by atoms with van der Waals surface area (Å²) in [6.07, 6.45) is 41.3. The van der Waals surface area contributed by atoms with E-state index >= 15 is 0 Å². The number of ether oxygens (including phenoxy) is 3. The van der Waals surface area contributed by atoms with Gasteiger partial charge in [-0.05, 0) is 210 Å². The highest BCUT2D eigenvalue weighted by molar-refractivity contribution is 5.74. The minimum absolute atomic E-state index is 0.00305. The van der Waals surface area contributed by atoms with E-state index in [1.807, 2.05) is 0 Å². The van der Waals surface area contributed by atoms with Crippen molar-refractivity contribution in [2.45, 2.75) is 298 Å². The Morgan fingerprint density at radius 2 is 0.537 bits per heavy atom. The van der Waals surface area contributed by atoms with Gasteiger partial charge in [0.1, 0.15) is 12.2 Å². The third-order valence-electron chi connectivity index (χ3n) is 23.3. The van der Waals surface area contributed by atoms with Crippen LogP contribution in [0, 0.1) is 80.8 Å². The molecule has 0 aromatic rings. The van der Waals surface area contributed by atoms with Crippen molar-refractivity contribution in [2.24, 2.45) is 80.8 Å². The molecule has 5 heteroatoms. The van der Waals surface area contributed by atoms with Gasteiger partial charge in [0.2, 0.25) is 0 Å². The minimum Gasteiger partial charge on any atom is -0.462 e. The maximum absolute atomic E-state index is 14.9. The molecule has 8 fully saturated rings. The highest BCUT2D eigenvalue weighted by Crippen LogP contribution is 2.55. The van der Waals surface area contributed by atoms with Gasteiger partial charge < -0.3 is 14.2 Å². The van der Waals surface area contributed by atoms with Crippen LogP contribution in [0.5, 0.6) is 0 Å². The van der Waals surface area contributed by atoms with Gasteiger partial charge in [-0.25, -0.2) is 0 Å². The van der Waals surface area contributed by atoms with Gasteiger partial charge in [-0.3, -0.25) is 9.59 Å². The van der Waals surface area contributed by atoms with Crippen molar-refractivity contribution in [2.75, 3.05) is 0 Å². The first kappa shape index (κ1) is 52.2. The maximum Gasteiger partial charge on any atom is 0.311 e. The number of carbonyl (C=O) groups excluding carboxylic acids is 2. The fraction of sp³-hybridized carbons (Fsp3) is 0.968. The van der Waals surface area contributed by atoms with Crippen LogP contribution in [0.25, 0.3) is 0 Å². The Balaban J connectivity index is 0.967. The quantitative estimate of drug-likeness (QED) is 0.162. The Hall–Kier alpha value is -1.10. The monoisotopic (exact) mass is 931 g/mol. The van der Waals surface area contributed by atoms with Gasteiger partial charge in [0.05, 0.1) is 24.0 Å². The number of hydrogen-bond acceptors (Lipinski definition) is 5. The summed E-state index contributed by atoms with van der Waals surface area (Å²) in [7, 11) is 0. The van der Waals surface area contributed by atoms with Crippen molar-refractivity contribution in [3.8, 4) is 0 Å². The summed E-state index contributed by atoms with van der Waals surface area (Å²) in [6.45, 7) is 20.3. The standard InChI is InChI=1S/C62H106O5/c1-59(2,43-21-13-9-14-22-43)47-29-35-51(36-30-47)65-57(63)53-41-49(61(5,6)45-25-17-11-18-26-45)33-39-55(53)67-56-40-34-50(62(7,8)46-27-19-12-20-28-46)42-54(56)58(64)66-52-37-31-48(32-38-52)60(3,4)44-23-15-10-16-24-44/h43-56H,9-42H2,1-8H3. The molecule has 6 atom stereocenters. The van der Waals surface area contributed by atoms with Gasteiger partial charge in [-0.1, -0.05) is 132 Å². The van der Waals surface area contributed by atoms with Crippen LogP contribution >= 0.6 is 0 Å². The molecule has 0 bridgehead atoms. The van der Waals surface area contributed by atoms with Crippen LogP contribution in [0.2, 0.25) is 0 Å². The Bertz CT molecular complexity index is 1420. The number of carbonyl (C=O) groups is 2. The molecule has 0 aromatic carbocycles. The predicted molar refractivity (Wildman–Crippen MR) is 275 cm³/mol. The van der Waals surface area contributed by atoms with Gasteiger partial charge in [0, 0.05) is 0 Å². The van der Waals surface area contributed by atoms with Crippen LogP contribution in [0.15, 0.2) is 0 Å². The Labute approximate surface area is 413 Å². The molecule has 384 valence electrons. The van der Waals surface area contributed by atoms with Crippen LogP contribution in [0.1, 0.15) is 274 Å². The fourth-order valence-electron chi connectivity index (χ4n) is 17.8. The first-order valence-electron chi connectivity index (χ1n) is 30.1. The van der Waals surface area contributed by atoms with E-state index in [0.717, 1.165) is 99.7 Å². The summed E-state index contributed by atoms with van der Waals surface area (Å²) < 4.78 is 20.9. The molecule has 0 amide bonds. The predicted octanol–water partition coefficient (Wildman–Crippen LogP) is 17.2. The molecule has 8 rings (SSSR count). The summed E-state index contributed by atoms with van der Waals surface area (Å²) in [4.78, 5) is 29.9. The highest BCUT2D eigenvalue weighted by atomic mass is 16.6. The fourth-order valence-corrected chi connectivity index (χ4v) is 17.8. The Morgan fingerprint density at radius 1 is 0.299 bits per heavy atom. The summed E-state index contributed by atoms with van der Waals surface area (Å²) >= 11 is 0. The van der Waals surface area contributed by atoms with Gasteiger partial charge >= 0.3 is 11.9 Å². The lowest BCUT2D eigenvalue weighted by Gasteiger charge is -2.50. The van der Waals surface area contributed by atoms with Crippen molar-refractivity contribution in [1.29, 1.82) is 0 Å². The van der Waals surface area contributed by atoms with Crippen molar-refractivity contribution >= 4 is 11.9 Å². The molecular formula is C62H106O5. The van der Waals surface area contributed by atoms with Gasteiger partial charge in [0.15, 0.2) is 0 Å². The SMILES string of the molecule is CC(C)(C1CCCCC1)C1CCC(OC(=O)C2CC(C(C)(C)C3CCCCC3)CCC2OC2CCC(C(C)(C)C3CCCCC3)CC2C(=O)OC2CCC(C(C)(C)C3CCCCC3)CC2)CC1. The third-order valence-corrected chi connectivity index (χ3v) is 23.3. The largest absolute Gasteiger partial charge is 0.462 e. The molecule has 8 aliphatic rings. The average molecular weight is 932 g/mol. The van der Waals surface area contributed by atoms with E-state index < -0.39 is 0 Å². The normalized spacial score (nSPS) is 35.8. The van der Waals surface area contributed by atoms with Crippen LogP contribution in [0.4, 0.5) is 0 Å². The zero-order chi connectivity index (χ0) is 47.4. The highest BCUT2D eigenvalue weighted by Gasteiger charge is 2.51. The molecule has 0 spiro atoms. The van der Waals surface area contributed by atoms with Gasteiger partial charge in [-0.15, -0.1) is 0 Å². The van der Waals surface area contributed by atoms with Gasteiger partial charge in [0.25, 0.3) is 0 Å². The van der Waals surface area contributed by atoms with E-state index in [4.69, 9.17) is 14.2 Å². The van der Waals surface area contributed by atoms with Crippen LogP contribution in [0.3, 0.4) is 0 Å². The molecule has 6 unspecified atom stereocenters. The molecule has 0 heterocycles. The first-order chi connectivity index (χ1) is 32.0. The topological polar surface area (TPSA) is 61.8 Å². The first-order valence-corrected chi connectivity index (χ1v) is 30.1. The summed E-state index contributed by atoms with van der Waals surface area (Å²) in [6, 6.07) is 0. The maximum atomic E-state index is 14.9. The lowest BCUT2D eigenvalue weighted by molar-refractivity contribution is -0.183. The average Bonchev–Trinajstić information content (AvgIpc) is 3.35. The summed E-state index contributed by atoms with van der Waals surface area (Å²) in [5.74, 6) is 4.97. The van der Waals surface area contributed by atoms with E-state index in [0.29, 0.717) is 22.7 Å². The minimum atomic E-state index is -0.270. The van der Waals surface area contributed by atoms with Crippen molar-refractivity contribution in [3.63, 3.8) is 0 Å². The number of esters is 2. The molecule has 0 radical (unpaired) electrons. The van der Waals surface area contributed by atoms with E-state index in [2.05, 4.69) is 55.4 Å². The van der Waals surface area contributed by atoms with E-state index in [1.165, 1.54) is 154 Å². The lowest BCUT2D eigenvalue weighted by Crippen LogP contribution is -2.49.